The van der Waals surface area contributed by atoms with Crippen molar-refractivity contribution in [2.24, 2.45) is 0 Å². The van der Waals surface area contributed by atoms with Gasteiger partial charge in [0.15, 0.2) is 0 Å². The molecule has 0 radical (unpaired) electrons. The Balaban J connectivity index is 3.17. The minimum absolute atomic E-state index is 0.361. The van der Waals surface area contributed by atoms with Crippen molar-refractivity contribution in [3.05, 3.63) is 29.8 Å². The van der Waals surface area contributed by atoms with Crippen LogP contribution in [0, 0.1) is 6.92 Å². The Labute approximate surface area is 78.2 Å². The zero-order valence-corrected chi connectivity index (χ0v) is 8.38. The first-order valence-electron chi connectivity index (χ1n) is 3.75. The van der Waals surface area contributed by atoms with Gasteiger partial charge in [-0.1, -0.05) is 17.7 Å². The number of hydrogen-bond donors (Lipinski definition) is 1. The molecule has 1 rings (SSSR count). The minimum Gasteiger partial charge on any atom is -0.346 e. The van der Waals surface area contributed by atoms with E-state index in [2.05, 4.69) is 4.74 Å². The number of methoxy groups -OCH3 is 1. The third-order valence-electron chi connectivity index (χ3n) is 1.59. The molecule has 1 N–H and O–H groups in total. The van der Waals surface area contributed by atoms with Gasteiger partial charge < -0.3 is 9.29 Å². The lowest BCUT2D eigenvalue weighted by Gasteiger charge is -2.02. The predicted molar refractivity (Wildman–Crippen MR) is 53.3 cm³/mol. The largest absolute Gasteiger partial charge is 0.346 e. The molecule has 0 fully saturated rings. The third-order valence-corrected chi connectivity index (χ3v) is 2.99. The molecular weight excluding hydrogens is 188 g/mol. The first-order valence-corrected chi connectivity index (χ1v) is 5.33. The summed E-state index contributed by atoms with van der Waals surface area (Å²) >= 11 is 0. The maximum absolute atomic E-state index is 11.5. The highest BCUT2D eigenvalue weighted by molar-refractivity contribution is 7.96. The molecule has 0 saturated carbocycles. The second kappa shape index (κ2) is 3.91. The van der Waals surface area contributed by atoms with Crippen molar-refractivity contribution in [1.82, 2.24) is 0 Å². The highest BCUT2D eigenvalue weighted by Gasteiger charge is 2.04. The Hall–Kier alpha value is -0.840. The lowest BCUT2D eigenvalue weighted by molar-refractivity contribution is 0.427. The summed E-state index contributed by atoms with van der Waals surface area (Å²) in [6, 6.07) is 6.81. The molecule has 0 heterocycles. The van der Waals surface area contributed by atoms with Crippen LogP contribution in [0.3, 0.4) is 0 Å². The van der Waals surface area contributed by atoms with Gasteiger partial charge in [-0.2, -0.15) is 0 Å². The van der Waals surface area contributed by atoms with Crippen molar-refractivity contribution < 1.29 is 13.5 Å². The fourth-order valence-corrected chi connectivity index (χ4v) is 1.82. The summed E-state index contributed by atoms with van der Waals surface area (Å²) in [7, 11) is -1.77. The predicted octanol–water partition coefficient (Wildman–Crippen LogP) is 1.52. The Morgan fingerprint density at radius 2 is 1.92 bits per heavy atom. The molecule has 0 spiro atoms. The summed E-state index contributed by atoms with van der Waals surface area (Å²) in [6.45, 7) is 1.92. The van der Waals surface area contributed by atoms with Gasteiger partial charge in [-0.15, -0.1) is 0 Å². The molecule has 1 unspecified atom stereocenters. The van der Waals surface area contributed by atoms with Crippen LogP contribution in [0.15, 0.2) is 29.2 Å². The summed E-state index contributed by atoms with van der Waals surface area (Å²) in [4.78, 5) is 0.361. The van der Waals surface area contributed by atoms with Crippen molar-refractivity contribution >= 4 is 15.4 Å². The van der Waals surface area contributed by atoms with Crippen molar-refractivity contribution in [2.75, 3.05) is 7.11 Å². The lowest BCUT2D eigenvalue weighted by Crippen LogP contribution is -2.03. The van der Waals surface area contributed by atoms with E-state index in [-0.39, 0.29) is 0 Å². The molecule has 0 aromatic heterocycles. The van der Waals surface area contributed by atoms with Crippen LogP contribution in [0.1, 0.15) is 5.56 Å². The van der Waals surface area contributed by atoms with E-state index in [0.29, 0.717) is 4.90 Å². The van der Waals surface area contributed by atoms with Crippen LogP contribution in [0.5, 0.6) is 0 Å². The third kappa shape index (κ3) is 2.55. The average molecular weight is 200 g/mol. The number of benzene rings is 1. The Morgan fingerprint density at radius 3 is 2.38 bits per heavy atom. The van der Waals surface area contributed by atoms with Crippen LogP contribution >= 0.6 is 0 Å². The number of rotatable bonds is 2. The van der Waals surface area contributed by atoms with E-state index < -0.39 is 9.80 Å². The van der Waals surface area contributed by atoms with Crippen molar-refractivity contribution in [1.29, 1.82) is 0 Å². The van der Waals surface area contributed by atoms with E-state index in [1.165, 1.54) is 7.11 Å². The fraction of sp³-hybridized carbons (Fsp3) is 0.222. The molecule has 0 bridgehead atoms. The summed E-state index contributed by atoms with van der Waals surface area (Å²) in [6.07, 6.45) is 0. The van der Waals surface area contributed by atoms with Gasteiger partial charge in [0, 0.05) is 7.11 Å². The van der Waals surface area contributed by atoms with Gasteiger partial charge in [-0.05, 0) is 19.1 Å². The monoisotopic (exact) mass is 200 g/mol. The van der Waals surface area contributed by atoms with Gasteiger partial charge in [-0.25, -0.2) is 4.21 Å². The maximum atomic E-state index is 11.5. The quantitative estimate of drug-likeness (QED) is 0.736. The lowest BCUT2D eigenvalue weighted by atomic mass is 10.2. The van der Waals surface area contributed by atoms with Crippen LogP contribution < -0.4 is 0 Å². The summed E-state index contributed by atoms with van der Waals surface area (Å²) in [5, 5.41) is 0. The summed E-state index contributed by atoms with van der Waals surface area (Å²) < 4.78 is 25.4. The van der Waals surface area contributed by atoms with Gasteiger partial charge in [0.2, 0.25) is 0 Å². The van der Waals surface area contributed by atoms with E-state index in [1.807, 2.05) is 6.92 Å². The number of ether oxygens (including phenoxy) is 1. The highest BCUT2D eigenvalue weighted by atomic mass is 32.2. The Bertz CT molecular complexity index is 386. The van der Waals surface area contributed by atoms with Gasteiger partial charge in [0.25, 0.3) is 0 Å². The van der Waals surface area contributed by atoms with Crippen LogP contribution in [-0.4, -0.2) is 21.4 Å². The fourth-order valence-electron chi connectivity index (χ4n) is 0.919. The van der Waals surface area contributed by atoms with Crippen LogP contribution in [0.2, 0.25) is 0 Å². The Morgan fingerprint density at radius 1 is 1.38 bits per heavy atom. The van der Waals surface area contributed by atoms with Crippen molar-refractivity contribution in [2.45, 2.75) is 11.8 Å². The first kappa shape index (κ1) is 10.2. The van der Waals surface area contributed by atoms with Crippen molar-refractivity contribution in [3.8, 4) is 0 Å². The number of hydrogen-bond acceptors (Lipinski definition) is 2. The zero-order chi connectivity index (χ0) is 9.90. The minimum atomic E-state index is -3.12. The second-order valence-electron chi connectivity index (χ2n) is 2.71. The molecule has 1 atom stereocenters. The maximum Gasteiger partial charge on any atom is 0.132 e. The summed E-state index contributed by atoms with van der Waals surface area (Å²) in [5.74, 6) is 0. The Kier molecular flexibility index (Phi) is 3.08. The highest BCUT2D eigenvalue weighted by Crippen LogP contribution is 2.09. The van der Waals surface area contributed by atoms with E-state index in [9.17, 15) is 8.76 Å². The van der Waals surface area contributed by atoms with Gasteiger partial charge in [0.05, 0.1) is 4.90 Å². The van der Waals surface area contributed by atoms with E-state index in [1.54, 1.807) is 24.3 Å². The van der Waals surface area contributed by atoms with E-state index >= 15 is 0 Å². The standard InChI is InChI=1S/C9H12O3S/c1-8-3-5-9(6-4-8)13(10,11)7-12-2/h3-7H,1-2H3,(H,10,11). The van der Waals surface area contributed by atoms with E-state index in [4.69, 9.17) is 0 Å². The molecule has 0 aliphatic rings. The first-order chi connectivity index (χ1) is 6.06. The zero-order valence-electron chi connectivity index (χ0n) is 7.56. The molecule has 4 heteroatoms. The van der Waals surface area contributed by atoms with Gasteiger partial charge in [-0.3, -0.25) is 0 Å². The van der Waals surface area contributed by atoms with Crippen molar-refractivity contribution in [3.63, 3.8) is 0 Å². The SMILES string of the molecule is COC=S(=O)(O)c1ccc(C)cc1. The second-order valence-corrected chi connectivity index (χ2v) is 4.51. The summed E-state index contributed by atoms with van der Waals surface area (Å²) in [5.41, 5.74) is 1.99. The molecule has 1 aromatic rings. The topological polar surface area (TPSA) is 46.5 Å². The van der Waals surface area contributed by atoms with Crippen LogP contribution in [0.4, 0.5) is 0 Å². The molecule has 0 aliphatic heterocycles. The molecule has 72 valence electrons. The average Bonchev–Trinajstić information content (AvgIpc) is 2.05. The number of aryl methyl sites for hydroxylation is 1. The molecule has 0 saturated heterocycles. The van der Waals surface area contributed by atoms with E-state index in [0.717, 1.165) is 11.1 Å². The molecule has 1 aromatic carbocycles. The van der Waals surface area contributed by atoms with Crippen LogP contribution in [-0.2, 0) is 14.5 Å². The van der Waals surface area contributed by atoms with Gasteiger partial charge >= 0.3 is 0 Å². The van der Waals surface area contributed by atoms with Crippen LogP contribution in [0.25, 0.3) is 0 Å². The molecule has 0 aliphatic carbocycles. The smallest absolute Gasteiger partial charge is 0.132 e. The normalized spacial score (nSPS) is 15.0. The molecule has 3 nitrogen and oxygen atoms in total. The molecule has 0 amide bonds. The molecular formula is C9H12O3S. The molecule has 13 heavy (non-hydrogen) atoms. The van der Waals surface area contributed by atoms with Gasteiger partial charge in [0.1, 0.15) is 15.4 Å².